The van der Waals surface area contributed by atoms with Crippen LogP contribution in [0.5, 0.6) is 17.2 Å². The van der Waals surface area contributed by atoms with Crippen molar-refractivity contribution in [1.82, 2.24) is 0 Å². The molecule has 0 saturated heterocycles. The number of ether oxygens (including phenoxy) is 3. The normalized spacial score (nSPS) is 10.0. The van der Waals surface area contributed by atoms with Gasteiger partial charge in [-0.2, -0.15) is 0 Å². The van der Waals surface area contributed by atoms with Crippen molar-refractivity contribution in [2.75, 3.05) is 20.3 Å². The second-order valence-electron chi connectivity index (χ2n) is 3.81. The molecule has 0 N–H and O–H groups in total. The monoisotopic (exact) mass is 278 g/mol. The molecule has 0 aliphatic rings. The first-order valence-electron chi connectivity index (χ1n) is 5.94. The third kappa shape index (κ3) is 4.07. The number of methoxy groups -OCH3 is 1. The van der Waals surface area contributed by atoms with Gasteiger partial charge in [-0.05, 0) is 24.3 Å². The van der Waals surface area contributed by atoms with Crippen LogP contribution in [0.1, 0.15) is 0 Å². The van der Waals surface area contributed by atoms with Gasteiger partial charge in [-0.3, -0.25) is 0 Å². The molecular weight excluding hydrogens is 264 g/mol. The van der Waals surface area contributed by atoms with Crippen molar-refractivity contribution < 1.29 is 14.2 Å². The Balaban J connectivity index is 1.79. The van der Waals surface area contributed by atoms with Crippen molar-refractivity contribution in [2.45, 2.75) is 0 Å². The van der Waals surface area contributed by atoms with Gasteiger partial charge >= 0.3 is 0 Å². The van der Waals surface area contributed by atoms with Gasteiger partial charge in [-0.25, -0.2) is 0 Å². The molecule has 100 valence electrons. The van der Waals surface area contributed by atoms with Crippen LogP contribution in [0.25, 0.3) is 0 Å². The maximum Gasteiger partial charge on any atom is 0.138 e. The Labute approximate surface area is 117 Å². The molecule has 0 bridgehead atoms. The highest BCUT2D eigenvalue weighted by Crippen LogP contribution is 2.23. The topological polar surface area (TPSA) is 27.7 Å². The van der Waals surface area contributed by atoms with Crippen LogP contribution in [0.4, 0.5) is 0 Å². The van der Waals surface area contributed by atoms with Crippen LogP contribution in [0.2, 0.25) is 5.02 Å². The first-order chi connectivity index (χ1) is 9.29. The van der Waals surface area contributed by atoms with E-state index in [9.17, 15) is 0 Å². The van der Waals surface area contributed by atoms with Gasteiger partial charge in [0.2, 0.25) is 0 Å². The van der Waals surface area contributed by atoms with Gasteiger partial charge in [-0.15, -0.1) is 0 Å². The summed E-state index contributed by atoms with van der Waals surface area (Å²) in [7, 11) is 1.62. The van der Waals surface area contributed by atoms with Crippen molar-refractivity contribution in [3.05, 3.63) is 53.6 Å². The average molecular weight is 279 g/mol. The van der Waals surface area contributed by atoms with Crippen molar-refractivity contribution >= 4 is 11.6 Å². The summed E-state index contributed by atoms with van der Waals surface area (Å²) in [6.45, 7) is 0.874. The number of para-hydroxylation sites is 1. The van der Waals surface area contributed by atoms with Gasteiger partial charge in [0.15, 0.2) is 0 Å². The van der Waals surface area contributed by atoms with E-state index >= 15 is 0 Å². The molecule has 0 atom stereocenters. The minimum Gasteiger partial charge on any atom is -0.497 e. The van der Waals surface area contributed by atoms with Gasteiger partial charge < -0.3 is 14.2 Å². The SMILES string of the molecule is COc1cccc(OCCOc2ccccc2Cl)c1. The maximum absolute atomic E-state index is 5.98. The Morgan fingerprint density at radius 1 is 0.895 bits per heavy atom. The molecule has 0 amide bonds. The molecule has 0 spiro atoms. The summed E-state index contributed by atoms with van der Waals surface area (Å²) >= 11 is 5.98. The molecule has 0 radical (unpaired) electrons. The maximum atomic E-state index is 5.98. The summed E-state index contributed by atoms with van der Waals surface area (Å²) in [5, 5.41) is 0.601. The van der Waals surface area contributed by atoms with Crippen LogP contribution >= 0.6 is 11.6 Å². The molecule has 0 fully saturated rings. The Morgan fingerprint density at radius 2 is 1.63 bits per heavy atom. The van der Waals surface area contributed by atoms with E-state index in [1.165, 1.54) is 0 Å². The van der Waals surface area contributed by atoms with E-state index in [4.69, 9.17) is 25.8 Å². The van der Waals surface area contributed by atoms with Gasteiger partial charge in [0.1, 0.15) is 30.5 Å². The standard InChI is InChI=1S/C15H15ClO3/c1-17-12-5-4-6-13(11-12)18-9-10-19-15-8-3-2-7-14(15)16/h2-8,11H,9-10H2,1H3. The molecule has 0 unspecified atom stereocenters. The Morgan fingerprint density at radius 3 is 2.42 bits per heavy atom. The number of halogens is 1. The first-order valence-corrected chi connectivity index (χ1v) is 6.31. The van der Waals surface area contributed by atoms with E-state index < -0.39 is 0 Å². The van der Waals surface area contributed by atoms with Crippen molar-refractivity contribution in [3.63, 3.8) is 0 Å². The second-order valence-corrected chi connectivity index (χ2v) is 4.21. The molecule has 0 saturated carbocycles. The fourth-order valence-corrected chi connectivity index (χ4v) is 1.75. The molecule has 3 nitrogen and oxygen atoms in total. The second kappa shape index (κ2) is 6.90. The lowest BCUT2D eigenvalue weighted by Gasteiger charge is -2.10. The molecular formula is C15H15ClO3. The zero-order valence-electron chi connectivity index (χ0n) is 10.6. The fourth-order valence-electron chi connectivity index (χ4n) is 1.56. The Hall–Kier alpha value is -1.87. The van der Waals surface area contributed by atoms with Crippen LogP contribution in [-0.4, -0.2) is 20.3 Å². The van der Waals surface area contributed by atoms with Gasteiger partial charge in [0.25, 0.3) is 0 Å². The quantitative estimate of drug-likeness (QED) is 0.752. The predicted molar refractivity (Wildman–Crippen MR) is 75.4 cm³/mol. The summed E-state index contributed by atoms with van der Waals surface area (Å²) in [6.07, 6.45) is 0. The highest BCUT2D eigenvalue weighted by Gasteiger charge is 2.00. The number of benzene rings is 2. The van der Waals surface area contributed by atoms with E-state index in [-0.39, 0.29) is 0 Å². The molecule has 2 aromatic carbocycles. The molecule has 2 rings (SSSR count). The number of hydrogen-bond acceptors (Lipinski definition) is 3. The van der Waals surface area contributed by atoms with Gasteiger partial charge in [0.05, 0.1) is 12.1 Å². The van der Waals surface area contributed by atoms with E-state index in [0.29, 0.717) is 24.0 Å². The lowest BCUT2D eigenvalue weighted by Crippen LogP contribution is -2.09. The highest BCUT2D eigenvalue weighted by atomic mass is 35.5. The Bertz CT molecular complexity index is 528. The van der Waals surface area contributed by atoms with Crippen LogP contribution in [0, 0.1) is 0 Å². The van der Waals surface area contributed by atoms with Crippen LogP contribution in [0.15, 0.2) is 48.5 Å². The molecule has 0 aromatic heterocycles. The summed E-state index contributed by atoms with van der Waals surface area (Å²) in [5.41, 5.74) is 0. The van der Waals surface area contributed by atoms with Gasteiger partial charge in [-0.1, -0.05) is 29.8 Å². The van der Waals surface area contributed by atoms with E-state index in [2.05, 4.69) is 0 Å². The predicted octanol–water partition coefficient (Wildman–Crippen LogP) is 3.81. The Kier molecular flexibility index (Phi) is 4.93. The molecule has 0 heterocycles. The molecule has 0 aliphatic carbocycles. The van der Waals surface area contributed by atoms with Crippen molar-refractivity contribution in [3.8, 4) is 17.2 Å². The minimum absolute atomic E-state index is 0.431. The zero-order valence-corrected chi connectivity index (χ0v) is 11.4. The minimum atomic E-state index is 0.431. The van der Waals surface area contributed by atoms with Crippen LogP contribution in [0.3, 0.4) is 0 Å². The first kappa shape index (κ1) is 13.6. The highest BCUT2D eigenvalue weighted by molar-refractivity contribution is 6.32. The summed E-state index contributed by atoms with van der Waals surface area (Å²) in [4.78, 5) is 0. The van der Waals surface area contributed by atoms with Crippen molar-refractivity contribution in [1.29, 1.82) is 0 Å². The number of hydrogen-bond donors (Lipinski definition) is 0. The fraction of sp³-hybridized carbons (Fsp3) is 0.200. The average Bonchev–Trinajstić information content (AvgIpc) is 2.45. The van der Waals surface area contributed by atoms with Gasteiger partial charge in [0, 0.05) is 6.07 Å². The summed E-state index contributed by atoms with van der Waals surface area (Å²) in [5.74, 6) is 2.19. The van der Waals surface area contributed by atoms with Crippen LogP contribution in [-0.2, 0) is 0 Å². The summed E-state index contributed by atoms with van der Waals surface area (Å²) in [6, 6.07) is 14.8. The van der Waals surface area contributed by atoms with E-state index in [1.54, 1.807) is 13.2 Å². The number of rotatable bonds is 6. The third-order valence-corrected chi connectivity index (χ3v) is 2.80. The van der Waals surface area contributed by atoms with Crippen LogP contribution < -0.4 is 14.2 Å². The molecule has 2 aromatic rings. The molecule has 4 heteroatoms. The summed E-state index contributed by atoms with van der Waals surface area (Å²) < 4.78 is 16.2. The van der Waals surface area contributed by atoms with E-state index in [1.807, 2.05) is 42.5 Å². The van der Waals surface area contributed by atoms with E-state index in [0.717, 1.165) is 11.5 Å². The molecule has 19 heavy (non-hydrogen) atoms. The molecule has 0 aliphatic heterocycles. The lowest BCUT2D eigenvalue weighted by molar-refractivity contribution is 0.216. The zero-order chi connectivity index (χ0) is 13.5. The third-order valence-electron chi connectivity index (χ3n) is 2.49. The van der Waals surface area contributed by atoms with Crippen molar-refractivity contribution in [2.24, 2.45) is 0 Å². The largest absolute Gasteiger partial charge is 0.497 e. The smallest absolute Gasteiger partial charge is 0.138 e. The lowest BCUT2D eigenvalue weighted by atomic mass is 10.3.